The van der Waals surface area contributed by atoms with Crippen molar-refractivity contribution in [2.45, 2.75) is 135 Å². The number of fused-ring (bicyclic) bond motifs is 5. The molecular formula is C31H48O6. The monoisotopic (exact) mass is 516 g/mol. The van der Waals surface area contributed by atoms with Crippen LogP contribution >= 0.6 is 0 Å². The molecule has 10 atom stereocenters. The van der Waals surface area contributed by atoms with Crippen molar-refractivity contribution < 1.29 is 28.5 Å². The number of rotatable bonds is 5. The molecule has 0 amide bonds. The maximum Gasteiger partial charge on any atom is 0.162 e. The zero-order chi connectivity index (χ0) is 25.8. The van der Waals surface area contributed by atoms with Crippen LogP contribution in [0.1, 0.15) is 111 Å². The normalized spacial score (nSPS) is 50.1. The lowest BCUT2D eigenvalue weighted by Crippen LogP contribution is -2.64. The fraction of sp³-hybridized carbons (Fsp3) is 0.935. The van der Waals surface area contributed by atoms with Crippen LogP contribution in [0.2, 0.25) is 0 Å². The van der Waals surface area contributed by atoms with Gasteiger partial charge in [0.25, 0.3) is 0 Å². The van der Waals surface area contributed by atoms with Gasteiger partial charge in [-0.05, 0) is 113 Å². The van der Waals surface area contributed by atoms with Gasteiger partial charge in [0.15, 0.2) is 18.4 Å². The molecule has 0 spiro atoms. The van der Waals surface area contributed by atoms with Crippen LogP contribution < -0.4 is 0 Å². The van der Waals surface area contributed by atoms with Crippen molar-refractivity contribution in [3.05, 3.63) is 0 Å². The van der Waals surface area contributed by atoms with Gasteiger partial charge in [-0.25, -0.2) is 0 Å². The molecule has 6 rings (SSSR count). The Bertz CT molecular complexity index is 877. The standard InChI is InChI=1S/C31H48O6/c1-20(32)31(37-27-9-5-7-17-35-27)15-13-24-23-11-10-21-18-22(33)12-14-29(21,2)28(23)25(19-30(24,31)3)36-26-8-4-6-16-34-26/h21,23-28H,4-19H2,1-3H3/t21-,23+,24+,25-,26+,27-,28-,29+,30+,31+/m1/s1. The van der Waals surface area contributed by atoms with Crippen molar-refractivity contribution in [3.8, 4) is 0 Å². The topological polar surface area (TPSA) is 71.1 Å². The van der Waals surface area contributed by atoms with Crippen molar-refractivity contribution >= 4 is 11.6 Å². The zero-order valence-corrected chi connectivity index (χ0v) is 23.3. The average Bonchev–Trinajstić information content (AvgIpc) is 3.18. The maximum absolute atomic E-state index is 13.6. The van der Waals surface area contributed by atoms with E-state index in [9.17, 15) is 9.59 Å². The Morgan fingerprint density at radius 3 is 2.32 bits per heavy atom. The van der Waals surface area contributed by atoms with E-state index < -0.39 is 5.60 Å². The molecule has 6 aliphatic rings. The summed E-state index contributed by atoms with van der Waals surface area (Å²) < 4.78 is 26.0. The van der Waals surface area contributed by atoms with Crippen LogP contribution in [0.25, 0.3) is 0 Å². The largest absolute Gasteiger partial charge is 0.353 e. The molecule has 208 valence electrons. The Morgan fingerprint density at radius 1 is 0.919 bits per heavy atom. The first-order chi connectivity index (χ1) is 17.8. The number of hydrogen-bond donors (Lipinski definition) is 0. The molecule has 6 nitrogen and oxygen atoms in total. The van der Waals surface area contributed by atoms with E-state index in [0.29, 0.717) is 42.5 Å². The van der Waals surface area contributed by atoms with E-state index >= 15 is 0 Å². The minimum atomic E-state index is -0.819. The van der Waals surface area contributed by atoms with Crippen LogP contribution in [0.4, 0.5) is 0 Å². The van der Waals surface area contributed by atoms with E-state index in [1.165, 1.54) is 0 Å². The summed E-state index contributed by atoms with van der Waals surface area (Å²) in [7, 11) is 0. The van der Waals surface area contributed by atoms with Crippen LogP contribution in [-0.2, 0) is 28.5 Å². The predicted molar refractivity (Wildman–Crippen MR) is 139 cm³/mol. The third-order valence-electron chi connectivity index (χ3n) is 12.0. The van der Waals surface area contributed by atoms with Crippen molar-refractivity contribution in [2.75, 3.05) is 13.2 Å². The molecular weight excluding hydrogens is 468 g/mol. The fourth-order valence-corrected chi connectivity index (χ4v) is 10.1. The first-order valence-corrected chi connectivity index (χ1v) is 15.4. The molecule has 6 heteroatoms. The van der Waals surface area contributed by atoms with Crippen LogP contribution in [0.5, 0.6) is 0 Å². The smallest absolute Gasteiger partial charge is 0.162 e. The Kier molecular flexibility index (Phi) is 7.12. The summed E-state index contributed by atoms with van der Waals surface area (Å²) in [5.41, 5.74) is -1.01. The molecule has 4 saturated carbocycles. The summed E-state index contributed by atoms with van der Waals surface area (Å²) in [4.78, 5) is 26.1. The molecule has 0 unspecified atom stereocenters. The minimum Gasteiger partial charge on any atom is -0.353 e. The van der Waals surface area contributed by atoms with Gasteiger partial charge < -0.3 is 18.9 Å². The highest BCUT2D eigenvalue weighted by molar-refractivity contribution is 5.86. The molecule has 2 heterocycles. The van der Waals surface area contributed by atoms with Gasteiger partial charge in [0.1, 0.15) is 11.4 Å². The van der Waals surface area contributed by atoms with E-state index in [1.54, 1.807) is 6.92 Å². The number of ketones is 2. The van der Waals surface area contributed by atoms with Crippen molar-refractivity contribution in [3.63, 3.8) is 0 Å². The lowest BCUT2D eigenvalue weighted by Gasteiger charge is -2.63. The Hall–Kier alpha value is -0.820. The Morgan fingerprint density at radius 2 is 1.65 bits per heavy atom. The molecule has 0 radical (unpaired) electrons. The van der Waals surface area contributed by atoms with Gasteiger partial charge >= 0.3 is 0 Å². The van der Waals surface area contributed by atoms with Gasteiger partial charge in [-0.1, -0.05) is 13.8 Å². The van der Waals surface area contributed by atoms with Gasteiger partial charge in [-0.2, -0.15) is 0 Å². The fourth-order valence-electron chi connectivity index (χ4n) is 10.1. The minimum absolute atomic E-state index is 0.0167. The first kappa shape index (κ1) is 26.4. The van der Waals surface area contributed by atoms with Crippen LogP contribution in [0.15, 0.2) is 0 Å². The lowest BCUT2D eigenvalue weighted by atomic mass is 9.43. The summed E-state index contributed by atoms with van der Waals surface area (Å²) in [5.74, 6) is 2.35. The zero-order valence-electron chi connectivity index (χ0n) is 23.3. The van der Waals surface area contributed by atoms with E-state index in [0.717, 1.165) is 90.1 Å². The van der Waals surface area contributed by atoms with Crippen LogP contribution in [-0.4, -0.2) is 49.1 Å². The molecule has 2 aliphatic heterocycles. The SMILES string of the molecule is CC(=O)[C@@]1(O[C@@H]2CCCCO2)CC[C@H]2[C@@H]3CC[C@@H]4CC(=O)CC[C@]4(C)[C@H]3[C@H](O[C@H]3CCCCO3)C[C@@]21C. The summed E-state index contributed by atoms with van der Waals surface area (Å²) in [6.45, 7) is 8.02. The van der Waals surface area contributed by atoms with Gasteiger partial charge in [0, 0.05) is 31.5 Å². The van der Waals surface area contributed by atoms with E-state index in [1.807, 2.05) is 0 Å². The molecule has 4 aliphatic carbocycles. The van der Waals surface area contributed by atoms with Crippen molar-refractivity contribution in [1.29, 1.82) is 0 Å². The van der Waals surface area contributed by atoms with Crippen LogP contribution in [0.3, 0.4) is 0 Å². The summed E-state index contributed by atoms with van der Waals surface area (Å²) in [6, 6.07) is 0. The van der Waals surface area contributed by atoms with E-state index in [4.69, 9.17) is 18.9 Å². The molecule has 0 aromatic heterocycles. The van der Waals surface area contributed by atoms with E-state index in [2.05, 4.69) is 13.8 Å². The molecule has 0 aromatic carbocycles. The Labute approximate surface area is 222 Å². The van der Waals surface area contributed by atoms with E-state index in [-0.39, 0.29) is 35.3 Å². The third kappa shape index (κ3) is 4.28. The predicted octanol–water partition coefficient (Wildman–Crippen LogP) is 5.99. The van der Waals surface area contributed by atoms with Gasteiger partial charge in [-0.3, -0.25) is 9.59 Å². The first-order valence-electron chi connectivity index (χ1n) is 15.4. The molecule has 2 saturated heterocycles. The number of hydrogen-bond acceptors (Lipinski definition) is 6. The number of ether oxygens (including phenoxy) is 4. The number of carbonyl (C=O) groups excluding carboxylic acids is 2. The van der Waals surface area contributed by atoms with Crippen molar-refractivity contribution in [2.24, 2.45) is 34.5 Å². The molecule has 0 aromatic rings. The lowest BCUT2D eigenvalue weighted by molar-refractivity contribution is -0.283. The van der Waals surface area contributed by atoms with Crippen molar-refractivity contribution in [1.82, 2.24) is 0 Å². The third-order valence-corrected chi connectivity index (χ3v) is 12.0. The average molecular weight is 517 g/mol. The van der Waals surface area contributed by atoms with Gasteiger partial charge in [0.2, 0.25) is 0 Å². The van der Waals surface area contributed by atoms with Gasteiger partial charge in [-0.15, -0.1) is 0 Å². The highest BCUT2D eigenvalue weighted by Gasteiger charge is 2.70. The molecule has 6 fully saturated rings. The maximum atomic E-state index is 13.6. The number of carbonyl (C=O) groups is 2. The molecule has 0 N–H and O–H groups in total. The summed E-state index contributed by atoms with van der Waals surface area (Å²) >= 11 is 0. The molecule has 37 heavy (non-hydrogen) atoms. The molecule has 0 bridgehead atoms. The second kappa shape index (κ2) is 9.98. The second-order valence-corrected chi connectivity index (χ2v) is 13.7. The highest BCUT2D eigenvalue weighted by Crippen LogP contribution is 2.69. The summed E-state index contributed by atoms with van der Waals surface area (Å²) in [6.07, 6.45) is 13.0. The van der Waals surface area contributed by atoms with Crippen LogP contribution in [0, 0.1) is 34.5 Å². The Balaban J connectivity index is 1.36. The summed E-state index contributed by atoms with van der Waals surface area (Å²) in [5, 5.41) is 0. The highest BCUT2D eigenvalue weighted by atomic mass is 16.7. The number of Topliss-reactive ketones (excluding diaryl/α,β-unsaturated/α-hetero) is 2. The quantitative estimate of drug-likeness (QED) is 0.447. The van der Waals surface area contributed by atoms with Gasteiger partial charge in [0.05, 0.1) is 6.10 Å². The second-order valence-electron chi connectivity index (χ2n) is 13.7.